The molecule has 0 saturated heterocycles. The SMILES string of the molecule is CCC(CNC(=O)C(C)(N)c1ccccc1)Oc1cccc(C)c1.Cl. The van der Waals surface area contributed by atoms with Crippen molar-refractivity contribution >= 4 is 18.3 Å². The maximum Gasteiger partial charge on any atom is 0.244 e. The monoisotopic (exact) mass is 362 g/mol. The lowest BCUT2D eigenvalue weighted by molar-refractivity contribution is -0.126. The quantitative estimate of drug-likeness (QED) is 0.791. The second-order valence-corrected chi connectivity index (χ2v) is 6.24. The normalized spacial score (nSPS) is 13.9. The summed E-state index contributed by atoms with van der Waals surface area (Å²) in [5, 5.41) is 2.92. The molecule has 2 aromatic rings. The Morgan fingerprint density at radius 3 is 2.48 bits per heavy atom. The number of benzene rings is 2. The molecular weight excluding hydrogens is 336 g/mol. The number of ether oxygens (including phenoxy) is 1. The molecule has 5 heteroatoms. The molecule has 0 aliphatic carbocycles. The van der Waals surface area contributed by atoms with E-state index >= 15 is 0 Å². The largest absolute Gasteiger partial charge is 0.489 e. The molecule has 0 spiro atoms. The minimum Gasteiger partial charge on any atom is -0.489 e. The number of halogens is 1. The number of aryl methyl sites for hydroxylation is 1. The van der Waals surface area contributed by atoms with Crippen molar-refractivity contribution < 1.29 is 9.53 Å². The van der Waals surface area contributed by atoms with Crippen LogP contribution in [0.2, 0.25) is 0 Å². The summed E-state index contributed by atoms with van der Waals surface area (Å²) in [6.45, 7) is 6.20. The highest BCUT2D eigenvalue weighted by atomic mass is 35.5. The predicted molar refractivity (Wildman–Crippen MR) is 104 cm³/mol. The first-order chi connectivity index (χ1) is 11.4. The maximum absolute atomic E-state index is 12.5. The molecular formula is C20H27ClN2O2. The van der Waals surface area contributed by atoms with Crippen molar-refractivity contribution in [3.63, 3.8) is 0 Å². The van der Waals surface area contributed by atoms with Crippen LogP contribution >= 0.6 is 12.4 Å². The molecule has 2 unspecified atom stereocenters. The molecule has 3 N–H and O–H groups in total. The van der Waals surface area contributed by atoms with Gasteiger partial charge in [-0.2, -0.15) is 0 Å². The van der Waals surface area contributed by atoms with Gasteiger partial charge in [-0.05, 0) is 43.5 Å². The van der Waals surface area contributed by atoms with Gasteiger partial charge in [0.2, 0.25) is 5.91 Å². The molecule has 0 aromatic heterocycles. The van der Waals surface area contributed by atoms with Crippen LogP contribution in [-0.2, 0) is 10.3 Å². The van der Waals surface area contributed by atoms with Gasteiger partial charge in [0.05, 0.1) is 6.54 Å². The minimum atomic E-state index is -1.07. The first kappa shape index (κ1) is 21.0. The van der Waals surface area contributed by atoms with Crippen LogP contribution < -0.4 is 15.8 Å². The van der Waals surface area contributed by atoms with Gasteiger partial charge in [0.1, 0.15) is 17.4 Å². The maximum atomic E-state index is 12.5. The summed E-state index contributed by atoms with van der Waals surface area (Å²) in [6, 6.07) is 17.3. The van der Waals surface area contributed by atoms with Crippen LogP contribution in [0.15, 0.2) is 54.6 Å². The van der Waals surface area contributed by atoms with Crippen LogP contribution in [0.3, 0.4) is 0 Å². The Labute approximate surface area is 156 Å². The Morgan fingerprint density at radius 1 is 1.20 bits per heavy atom. The van der Waals surface area contributed by atoms with E-state index in [1.807, 2.05) is 68.4 Å². The summed E-state index contributed by atoms with van der Waals surface area (Å²) in [7, 11) is 0. The third-order valence-corrected chi connectivity index (χ3v) is 4.08. The number of rotatable bonds is 7. The molecule has 0 aliphatic heterocycles. The van der Waals surface area contributed by atoms with Crippen molar-refractivity contribution in [1.82, 2.24) is 5.32 Å². The summed E-state index contributed by atoms with van der Waals surface area (Å²) >= 11 is 0. The van der Waals surface area contributed by atoms with Gasteiger partial charge in [-0.25, -0.2) is 0 Å². The van der Waals surface area contributed by atoms with E-state index in [9.17, 15) is 4.79 Å². The molecule has 0 heterocycles. The minimum absolute atomic E-state index is 0. The van der Waals surface area contributed by atoms with E-state index in [0.29, 0.717) is 6.54 Å². The molecule has 25 heavy (non-hydrogen) atoms. The molecule has 1 amide bonds. The van der Waals surface area contributed by atoms with Crippen LogP contribution in [0.1, 0.15) is 31.4 Å². The molecule has 0 saturated carbocycles. The summed E-state index contributed by atoms with van der Waals surface area (Å²) < 4.78 is 5.96. The van der Waals surface area contributed by atoms with Crippen LogP contribution in [0.5, 0.6) is 5.75 Å². The lowest BCUT2D eigenvalue weighted by Gasteiger charge is -2.26. The number of hydrogen-bond acceptors (Lipinski definition) is 3. The van der Waals surface area contributed by atoms with Gasteiger partial charge in [0, 0.05) is 0 Å². The summed E-state index contributed by atoms with van der Waals surface area (Å²) in [6.07, 6.45) is 0.697. The van der Waals surface area contributed by atoms with E-state index in [0.717, 1.165) is 23.3 Å². The Bertz CT molecular complexity index is 674. The predicted octanol–water partition coefficient (Wildman–Crippen LogP) is 3.56. The van der Waals surface area contributed by atoms with Crippen LogP contribution in [0.4, 0.5) is 0 Å². The van der Waals surface area contributed by atoms with Gasteiger partial charge in [-0.3, -0.25) is 4.79 Å². The fourth-order valence-corrected chi connectivity index (χ4v) is 2.46. The highest BCUT2D eigenvalue weighted by Crippen LogP contribution is 2.18. The van der Waals surface area contributed by atoms with Crippen molar-refractivity contribution in [2.45, 2.75) is 38.8 Å². The number of hydrogen-bond donors (Lipinski definition) is 2. The Morgan fingerprint density at radius 2 is 1.88 bits per heavy atom. The van der Waals surface area contributed by atoms with Gasteiger partial charge in [0.25, 0.3) is 0 Å². The fourth-order valence-electron chi connectivity index (χ4n) is 2.46. The van der Waals surface area contributed by atoms with E-state index in [1.165, 1.54) is 0 Å². The van der Waals surface area contributed by atoms with Crippen molar-refractivity contribution in [3.05, 3.63) is 65.7 Å². The first-order valence-corrected chi connectivity index (χ1v) is 8.29. The van der Waals surface area contributed by atoms with Crippen molar-refractivity contribution in [2.24, 2.45) is 5.73 Å². The Kier molecular flexibility index (Phi) is 7.94. The van der Waals surface area contributed by atoms with Gasteiger partial charge in [0.15, 0.2) is 0 Å². The molecule has 0 radical (unpaired) electrons. The number of amides is 1. The van der Waals surface area contributed by atoms with E-state index in [1.54, 1.807) is 6.92 Å². The summed E-state index contributed by atoms with van der Waals surface area (Å²) in [5.74, 6) is 0.606. The van der Waals surface area contributed by atoms with Crippen molar-refractivity contribution in [1.29, 1.82) is 0 Å². The first-order valence-electron chi connectivity index (χ1n) is 8.29. The Hall–Kier alpha value is -2.04. The van der Waals surface area contributed by atoms with Crippen LogP contribution in [0.25, 0.3) is 0 Å². The Balaban J connectivity index is 0.00000312. The zero-order valence-electron chi connectivity index (χ0n) is 15.0. The molecule has 136 valence electrons. The van der Waals surface area contributed by atoms with Gasteiger partial charge >= 0.3 is 0 Å². The standard InChI is InChI=1S/C20H26N2O2.ClH/c1-4-17(24-18-12-8-9-15(2)13-18)14-22-19(23)20(3,21)16-10-6-5-7-11-16;/h5-13,17H,4,14,21H2,1-3H3,(H,22,23);1H. The van der Waals surface area contributed by atoms with E-state index in [-0.39, 0.29) is 24.4 Å². The highest BCUT2D eigenvalue weighted by Gasteiger charge is 2.30. The van der Waals surface area contributed by atoms with Crippen LogP contribution in [0, 0.1) is 6.92 Å². The van der Waals surface area contributed by atoms with Gasteiger partial charge in [-0.15, -0.1) is 12.4 Å². The highest BCUT2D eigenvalue weighted by molar-refractivity contribution is 5.87. The number of carbonyl (C=O) groups excluding carboxylic acids is 1. The third kappa shape index (κ3) is 5.76. The second kappa shape index (κ2) is 9.44. The van der Waals surface area contributed by atoms with Crippen LogP contribution in [-0.4, -0.2) is 18.6 Å². The summed E-state index contributed by atoms with van der Waals surface area (Å²) in [5.41, 5.74) is 7.09. The lowest BCUT2D eigenvalue weighted by Crippen LogP contribution is -2.51. The fraction of sp³-hybridized carbons (Fsp3) is 0.350. The van der Waals surface area contributed by atoms with Gasteiger partial charge < -0.3 is 15.8 Å². The zero-order valence-corrected chi connectivity index (χ0v) is 15.8. The van der Waals surface area contributed by atoms with Gasteiger partial charge in [-0.1, -0.05) is 49.4 Å². The lowest BCUT2D eigenvalue weighted by atomic mass is 9.92. The number of carbonyl (C=O) groups is 1. The smallest absolute Gasteiger partial charge is 0.244 e. The number of nitrogens with two attached hydrogens (primary N) is 1. The molecule has 0 fully saturated rings. The molecule has 0 aliphatic rings. The molecule has 2 atom stereocenters. The molecule has 4 nitrogen and oxygen atoms in total. The zero-order chi connectivity index (χ0) is 17.6. The molecule has 2 aromatic carbocycles. The van der Waals surface area contributed by atoms with Crippen molar-refractivity contribution in [2.75, 3.05) is 6.54 Å². The third-order valence-electron chi connectivity index (χ3n) is 4.08. The van der Waals surface area contributed by atoms with Crippen molar-refractivity contribution in [3.8, 4) is 5.75 Å². The second-order valence-electron chi connectivity index (χ2n) is 6.24. The molecule has 2 rings (SSSR count). The average Bonchev–Trinajstić information content (AvgIpc) is 2.59. The average molecular weight is 363 g/mol. The topological polar surface area (TPSA) is 64.4 Å². The van der Waals surface area contributed by atoms with E-state index in [4.69, 9.17) is 10.5 Å². The number of nitrogens with one attached hydrogen (secondary N) is 1. The van der Waals surface area contributed by atoms with E-state index in [2.05, 4.69) is 5.32 Å². The summed E-state index contributed by atoms with van der Waals surface area (Å²) in [4.78, 5) is 12.5. The molecule has 0 bridgehead atoms. The van der Waals surface area contributed by atoms with E-state index < -0.39 is 5.54 Å².